The molecule has 134 valence electrons. The highest BCUT2D eigenvalue weighted by Crippen LogP contribution is 2.32. The molecule has 1 fully saturated rings. The van der Waals surface area contributed by atoms with Gasteiger partial charge < -0.3 is 11.1 Å². The minimum absolute atomic E-state index is 0.0868. The first kappa shape index (κ1) is 16.9. The molecule has 26 heavy (non-hydrogen) atoms. The summed E-state index contributed by atoms with van der Waals surface area (Å²) in [5, 5.41) is 4.00. The van der Waals surface area contributed by atoms with Crippen molar-refractivity contribution in [2.75, 3.05) is 18.8 Å². The Kier molecular flexibility index (Phi) is 4.81. The van der Waals surface area contributed by atoms with Crippen molar-refractivity contribution in [2.45, 2.75) is 25.4 Å². The van der Waals surface area contributed by atoms with Gasteiger partial charge in [0.05, 0.1) is 5.69 Å². The number of nitrogens with one attached hydrogen (secondary N) is 1. The Labute approximate surface area is 156 Å². The highest BCUT2D eigenvalue weighted by molar-refractivity contribution is 7.21. The van der Waals surface area contributed by atoms with Gasteiger partial charge in [-0.2, -0.15) is 0 Å². The number of amides is 1. The van der Waals surface area contributed by atoms with E-state index in [2.05, 4.69) is 26.3 Å². The Balaban J connectivity index is 1.35. The number of nitrogens with zero attached hydrogens (tertiary/aromatic N) is 3. The molecule has 0 spiro atoms. The Morgan fingerprint density at radius 1 is 1.27 bits per heavy atom. The third-order valence-corrected chi connectivity index (χ3v) is 5.89. The van der Waals surface area contributed by atoms with Crippen molar-refractivity contribution in [1.82, 2.24) is 20.2 Å². The van der Waals surface area contributed by atoms with E-state index in [1.54, 1.807) is 12.4 Å². The van der Waals surface area contributed by atoms with Crippen molar-refractivity contribution < 1.29 is 4.79 Å². The number of aromatic nitrogens is 2. The van der Waals surface area contributed by atoms with E-state index in [0.29, 0.717) is 10.6 Å². The maximum Gasteiger partial charge on any atom is 0.263 e. The molecule has 0 radical (unpaired) electrons. The average molecular weight is 367 g/mol. The zero-order chi connectivity index (χ0) is 17.9. The van der Waals surface area contributed by atoms with Gasteiger partial charge in [0.1, 0.15) is 9.71 Å². The molecule has 0 unspecified atom stereocenters. The molecule has 0 aromatic carbocycles. The van der Waals surface area contributed by atoms with Crippen LogP contribution in [0.15, 0.2) is 42.9 Å². The number of rotatable bonds is 4. The van der Waals surface area contributed by atoms with Gasteiger partial charge in [-0.1, -0.05) is 6.07 Å². The standard InChI is InChI=1S/C19H21N5OS/c20-16-15-4-2-8-22-19(15)26-17(16)18(25)23-14-5-9-24(10-6-14)12-13-3-1-7-21-11-13/h1-4,7-8,11,14H,5-6,9-10,12,20H2,(H,23,25). The van der Waals surface area contributed by atoms with Crippen molar-refractivity contribution in [2.24, 2.45) is 0 Å². The van der Waals surface area contributed by atoms with E-state index in [1.165, 1.54) is 16.9 Å². The second-order valence-corrected chi connectivity index (χ2v) is 7.59. The number of carbonyl (C=O) groups excluding carboxylic acids is 1. The van der Waals surface area contributed by atoms with E-state index in [1.807, 2.05) is 24.4 Å². The molecule has 7 heteroatoms. The van der Waals surface area contributed by atoms with Gasteiger partial charge >= 0.3 is 0 Å². The molecule has 3 aromatic heterocycles. The summed E-state index contributed by atoms with van der Waals surface area (Å²) >= 11 is 1.36. The fourth-order valence-corrected chi connectivity index (χ4v) is 4.32. The molecule has 1 saturated heterocycles. The van der Waals surface area contributed by atoms with Gasteiger partial charge in [-0.15, -0.1) is 11.3 Å². The van der Waals surface area contributed by atoms with Gasteiger partial charge in [0.15, 0.2) is 0 Å². The van der Waals surface area contributed by atoms with Gasteiger partial charge in [0.25, 0.3) is 5.91 Å². The largest absolute Gasteiger partial charge is 0.397 e. The van der Waals surface area contributed by atoms with Gasteiger partial charge in [0, 0.05) is 49.7 Å². The highest BCUT2D eigenvalue weighted by atomic mass is 32.1. The van der Waals surface area contributed by atoms with E-state index in [0.717, 1.165) is 42.7 Å². The van der Waals surface area contributed by atoms with E-state index in [-0.39, 0.29) is 11.9 Å². The SMILES string of the molecule is Nc1c(C(=O)NC2CCN(Cc3cccnc3)CC2)sc2ncccc12. The lowest BCUT2D eigenvalue weighted by molar-refractivity contribution is 0.0914. The molecule has 4 rings (SSSR count). The number of hydrogen-bond acceptors (Lipinski definition) is 6. The van der Waals surface area contributed by atoms with Crippen LogP contribution in [0.3, 0.4) is 0 Å². The first-order chi connectivity index (χ1) is 12.7. The number of anilines is 1. The molecule has 4 heterocycles. The Hall–Kier alpha value is -2.51. The van der Waals surface area contributed by atoms with Crippen LogP contribution in [0.5, 0.6) is 0 Å². The van der Waals surface area contributed by atoms with Crippen LogP contribution in [0.1, 0.15) is 28.1 Å². The number of carbonyl (C=O) groups is 1. The molecule has 6 nitrogen and oxygen atoms in total. The first-order valence-electron chi connectivity index (χ1n) is 8.76. The van der Waals surface area contributed by atoms with E-state index in [4.69, 9.17) is 5.73 Å². The van der Waals surface area contributed by atoms with Crippen LogP contribution >= 0.6 is 11.3 Å². The first-order valence-corrected chi connectivity index (χ1v) is 9.57. The lowest BCUT2D eigenvalue weighted by atomic mass is 10.0. The number of hydrogen-bond donors (Lipinski definition) is 2. The third kappa shape index (κ3) is 3.54. The zero-order valence-corrected chi connectivity index (χ0v) is 15.2. The maximum absolute atomic E-state index is 12.6. The van der Waals surface area contributed by atoms with Crippen molar-refractivity contribution >= 4 is 33.1 Å². The van der Waals surface area contributed by atoms with Crippen molar-refractivity contribution in [3.63, 3.8) is 0 Å². The number of nitrogen functional groups attached to an aromatic ring is 1. The topological polar surface area (TPSA) is 84.1 Å². The lowest BCUT2D eigenvalue weighted by Crippen LogP contribution is -2.44. The lowest BCUT2D eigenvalue weighted by Gasteiger charge is -2.32. The Bertz CT molecular complexity index is 903. The molecule has 1 aliphatic heterocycles. The molecule has 0 aliphatic carbocycles. The number of pyridine rings is 2. The van der Waals surface area contributed by atoms with Crippen LogP contribution in [0.4, 0.5) is 5.69 Å². The number of thiophene rings is 1. The minimum Gasteiger partial charge on any atom is -0.397 e. The molecular formula is C19H21N5OS. The summed E-state index contributed by atoms with van der Waals surface area (Å²) in [6.07, 6.45) is 7.30. The van der Waals surface area contributed by atoms with Crippen molar-refractivity contribution in [3.05, 3.63) is 53.3 Å². The maximum atomic E-state index is 12.6. The van der Waals surface area contributed by atoms with Crippen LogP contribution in [-0.4, -0.2) is 39.9 Å². The number of fused-ring (bicyclic) bond motifs is 1. The summed E-state index contributed by atoms with van der Waals surface area (Å²) in [6.45, 7) is 2.83. The summed E-state index contributed by atoms with van der Waals surface area (Å²) in [7, 11) is 0. The fraction of sp³-hybridized carbons (Fsp3) is 0.316. The molecule has 0 atom stereocenters. The summed E-state index contributed by atoms with van der Waals surface area (Å²) in [4.78, 5) is 24.9. The fourth-order valence-electron chi connectivity index (χ4n) is 3.36. The normalized spacial score (nSPS) is 16.0. The Morgan fingerprint density at radius 3 is 2.81 bits per heavy atom. The minimum atomic E-state index is -0.0868. The van der Waals surface area contributed by atoms with Crippen LogP contribution in [0.2, 0.25) is 0 Å². The third-order valence-electron chi connectivity index (χ3n) is 4.76. The predicted octanol–water partition coefficient (Wildman–Crippen LogP) is 2.67. The number of piperidine rings is 1. The van der Waals surface area contributed by atoms with E-state index >= 15 is 0 Å². The van der Waals surface area contributed by atoms with Crippen LogP contribution < -0.4 is 11.1 Å². The quantitative estimate of drug-likeness (QED) is 0.741. The van der Waals surface area contributed by atoms with Gasteiger partial charge in [-0.25, -0.2) is 4.98 Å². The predicted molar refractivity (Wildman–Crippen MR) is 104 cm³/mol. The molecule has 1 amide bonds. The molecular weight excluding hydrogens is 346 g/mol. The van der Waals surface area contributed by atoms with Crippen LogP contribution in [0, 0.1) is 0 Å². The highest BCUT2D eigenvalue weighted by Gasteiger charge is 2.23. The molecule has 1 aliphatic rings. The summed E-state index contributed by atoms with van der Waals surface area (Å²) in [5.74, 6) is -0.0868. The number of likely N-dealkylation sites (tertiary alicyclic amines) is 1. The average Bonchev–Trinajstić information content (AvgIpc) is 3.01. The smallest absolute Gasteiger partial charge is 0.263 e. The van der Waals surface area contributed by atoms with Crippen molar-refractivity contribution in [3.8, 4) is 0 Å². The monoisotopic (exact) mass is 367 g/mol. The van der Waals surface area contributed by atoms with Crippen LogP contribution in [-0.2, 0) is 6.54 Å². The molecule has 3 aromatic rings. The Morgan fingerprint density at radius 2 is 2.08 bits per heavy atom. The van der Waals surface area contributed by atoms with Crippen LogP contribution in [0.25, 0.3) is 10.2 Å². The number of nitrogens with two attached hydrogens (primary N) is 1. The molecule has 0 bridgehead atoms. The van der Waals surface area contributed by atoms with Gasteiger partial charge in [-0.3, -0.25) is 14.7 Å². The van der Waals surface area contributed by atoms with Gasteiger partial charge in [-0.05, 0) is 36.6 Å². The van der Waals surface area contributed by atoms with Crippen molar-refractivity contribution in [1.29, 1.82) is 0 Å². The summed E-state index contributed by atoms with van der Waals surface area (Å²) < 4.78 is 0. The van der Waals surface area contributed by atoms with Gasteiger partial charge in [0.2, 0.25) is 0 Å². The van der Waals surface area contributed by atoms with E-state index < -0.39 is 0 Å². The second-order valence-electron chi connectivity index (χ2n) is 6.59. The summed E-state index contributed by atoms with van der Waals surface area (Å²) in [5.41, 5.74) is 7.90. The zero-order valence-electron chi connectivity index (χ0n) is 14.4. The summed E-state index contributed by atoms with van der Waals surface area (Å²) in [6, 6.07) is 7.99. The second kappa shape index (κ2) is 7.39. The van der Waals surface area contributed by atoms with E-state index in [9.17, 15) is 4.79 Å². The molecule has 3 N–H and O–H groups in total. The molecule has 0 saturated carbocycles.